The van der Waals surface area contributed by atoms with Crippen LogP contribution >= 0.6 is 15.9 Å². The van der Waals surface area contributed by atoms with E-state index in [1.54, 1.807) is 0 Å². The van der Waals surface area contributed by atoms with E-state index in [0.717, 1.165) is 0 Å². The summed E-state index contributed by atoms with van der Waals surface area (Å²) in [5.74, 6) is 0. The Hall–Kier alpha value is -0.300. The van der Waals surface area contributed by atoms with Gasteiger partial charge in [-0.3, -0.25) is 0 Å². The van der Waals surface area contributed by atoms with Gasteiger partial charge in [-0.05, 0) is 24.0 Å². The number of aryl methyl sites for hydroxylation is 1. The molecule has 0 aliphatic heterocycles. The number of halogens is 1. The Kier molecular flexibility index (Phi) is 5.43. The molecule has 1 aromatic carbocycles. The quantitative estimate of drug-likeness (QED) is 0.607. The molecule has 1 aromatic rings. The minimum atomic E-state index is 0.227. The van der Waals surface area contributed by atoms with Gasteiger partial charge in [-0.25, -0.2) is 0 Å². The predicted octanol–water partition coefficient (Wildman–Crippen LogP) is 5.08. The Bertz CT molecular complexity index is 282. The van der Waals surface area contributed by atoms with Gasteiger partial charge in [0.05, 0.1) is 0 Å². The van der Waals surface area contributed by atoms with E-state index in [1.807, 2.05) is 13.8 Å². The Labute approximate surface area is 96.9 Å². The summed E-state index contributed by atoms with van der Waals surface area (Å²) in [6.45, 7) is 12.8. The summed E-state index contributed by atoms with van der Waals surface area (Å²) in [5.41, 5.74) is 2.93. The second-order valence-corrected chi connectivity index (χ2v) is 5.09. The molecule has 0 spiro atoms. The fourth-order valence-electron chi connectivity index (χ4n) is 1.21. The van der Waals surface area contributed by atoms with Crippen molar-refractivity contribution < 1.29 is 0 Å². The van der Waals surface area contributed by atoms with E-state index in [1.165, 1.54) is 15.6 Å². The van der Waals surface area contributed by atoms with Crippen molar-refractivity contribution in [1.82, 2.24) is 0 Å². The third kappa shape index (κ3) is 3.83. The van der Waals surface area contributed by atoms with Crippen molar-refractivity contribution in [3.05, 3.63) is 33.8 Å². The molecule has 14 heavy (non-hydrogen) atoms. The second-order valence-electron chi connectivity index (χ2n) is 4.23. The topological polar surface area (TPSA) is 0 Å². The SMILES string of the molecule is CC.Cc1ccc(Br)c(C(C)(C)C)c1. The summed E-state index contributed by atoms with van der Waals surface area (Å²) < 4.78 is 1.21. The van der Waals surface area contributed by atoms with Crippen LogP contribution in [0.4, 0.5) is 0 Å². The van der Waals surface area contributed by atoms with E-state index >= 15 is 0 Å². The highest BCUT2D eigenvalue weighted by Gasteiger charge is 2.16. The fourth-order valence-corrected chi connectivity index (χ4v) is 2.06. The van der Waals surface area contributed by atoms with Crippen LogP contribution < -0.4 is 0 Å². The average Bonchev–Trinajstić information content (AvgIpc) is 2.11. The molecule has 0 saturated carbocycles. The highest BCUT2D eigenvalue weighted by atomic mass is 79.9. The van der Waals surface area contributed by atoms with Crippen LogP contribution in [0.3, 0.4) is 0 Å². The van der Waals surface area contributed by atoms with E-state index in [4.69, 9.17) is 0 Å². The van der Waals surface area contributed by atoms with Crippen molar-refractivity contribution in [2.45, 2.75) is 47.0 Å². The maximum atomic E-state index is 3.57. The van der Waals surface area contributed by atoms with Gasteiger partial charge in [0.25, 0.3) is 0 Å². The molecule has 0 radical (unpaired) electrons. The molecule has 80 valence electrons. The Balaban J connectivity index is 0.000000791. The first-order valence-electron chi connectivity index (χ1n) is 5.18. The first-order valence-corrected chi connectivity index (χ1v) is 5.97. The van der Waals surface area contributed by atoms with Crippen molar-refractivity contribution in [3.63, 3.8) is 0 Å². The molecule has 0 atom stereocenters. The third-order valence-electron chi connectivity index (χ3n) is 1.93. The van der Waals surface area contributed by atoms with Crippen LogP contribution in [0.2, 0.25) is 0 Å². The zero-order chi connectivity index (χ0) is 11.4. The molecule has 1 heteroatoms. The Morgan fingerprint density at radius 3 is 1.93 bits per heavy atom. The minimum Gasteiger partial charge on any atom is -0.0683 e. The molecule has 0 bridgehead atoms. The van der Waals surface area contributed by atoms with Crippen LogP contribution in [0.5, 0.6) is 0 Å². The molecule has 0 amide bonds. The molecule has 0 aromatic heterocycles. The van der Waals surface area contributed by atoms with Gasteiger partial charge in [-0.2, -0.15) is 0 Å². The van der Waals surface area contributed by atoms with Gasteiger partial charge in [0.2, 0.25) is 0 Å². The van der Waals surface area contributed by atoms with Crippen LogP contribution in [-0.2, 0) is 5.41 Å². The molecule has 0 aliphatic carbocycles. The van der Waals surface area contributed by atoms with Gasteiger partial charge in [-0.15, -0.1) is 0 Å². The average molecular weight is 257 g/mol. The summed E-state index contributed by atoms with van der Waals surface area (Å²) in [6.07, 6.45) is 0. The molecule has 0 heterocycles. The zero-order valence-corrected chi connectivity index (χ0v) is 11.7. The van der Waals surface area contributed by atoms with Crippen molar-refractivity contribution in [1.29, 1.82) is 0 Å². The first-order chi connectivity index (χ1) is 6.41. The monoisotopic (exact) mass is 256 g/mol. The van der Waals surface area contributed by atoms with Gasteiger partial charge in [0.1, 0.15) is 0 Å². The molecule has 0 unspecified atom stereocenters. The lowest BCUT2D eigenvalue weighted by molar-refractivity contribution is 0.586. The number of hydrogen-bond acceptors (Lipinski definition) is 0. The number of rotatable bonds is 0. The summed E-state index contributed by atoms with van der Waals surface area (Å²) >= 11 is 3.57. The van der Waals surface area contributed by atoms with Crippen molar-refractivity contribution in [3.8, 4) is 0 Å². The van der Waals surface area contributed by atoms with Gasteiger partial charge in [-0.1, -0.05) is 68.2 Å². The maximum Gasteiger partial charge on any atom is 0.0212 e. The first kappa shape index (κ1) is 13.7. The summed E-state index contributed by atoms with van der Waals surface area (Å²) in [7, 11) is 0. The lowest BCUT2D eigenvalue weighted by atomic mass is 9.86. The van der Waals surface area contributed by atoms with E-state index < -0.39 is 0 Å². The van der Waals surface area contributed by atoms with Crippen LogP contribution in [0, 0.1) is 6.92 Å². The summed E-state index contributed by atoms with van der Waals surface area (Å²) in [6, 6.07) is 6.49. The van der Waals surface area contributed by atoms with Crippen LogP contribution in [-0.4, -0.2) is 0 Å². The largest absolute Gasteiger partial charge is 0.0683 e. The minimum absolute atomic E-state index is 0.227. The van der Waals surface area contributed by atoms with Crippen molar-refractivity contribution in [2.24, 2.45) is 0 Å². The van der Waals surface area contributed by atoms with E-state index in [2.05, 4.69) is 61.8 Å². The fraction of sp³-hybridized carbons (Fsp3) is 0.538. The van der Waals surface area contributed by atoms with Gasteiger partial charge in [0, 0.05) is 4.47 Å². The standard InChI is InChI=1S/C11H15Br.C2H6/c1-8-5-6-10(12)9(7-8)11(2,3)4;1-2/h5-7H,1-4H3;1-2H3. The molecule has 0 saturated heterocycles. The number of hydrogen-bond donors (Lipinski definition) is 0. The van der Waals surface area contributed by atoms with Gasteiger partial charge >= 0.3 is 0 Å². The van der Waals surface area contributed by atoms with Crippen LogP contribution in [0.1, 0.15) is 45.7 Å². The Morgan fingerprint density at radius 1 is 1.07 bits per heavy atom. The second kappa shape index (κ2) is 5.55. The number of benzene rings is 1. The Morgan fingerprint density at radius 2 is 1.57 bits per heavy atom. The molecule has 1 rings (SSSR count). The highest BCUT2D eigenvalue weighted by molar-refractivity contribution is 9.10. The zero-order valence-electron chi connectivity index (χ0n) is 10.1. The van der Waals surface area contributed by atoms with Crippen LogP contribution in [0.15, 0.2) is 22.7 Å². The molecule has 0 N–H and O–H groups in total. The van der Waals surface area contributed by atoms with Crippen molar-refractivity contribution >= 4 is 15.9 Å². The van der Waals surface area contributed by atoms with Crippen LogP contribution in [0.25, 0.3) is 0 Å². The molecule has 0 fully saturated rings. The smallest absolute Gasteiger partial charge is 0.0212 e. The molecule has 0 aliphatic rings. The third-order valence-corrected chi connectivity index (χ3v) is 2.62. The van der Waals surface area contributed by atoms with E-state index in [0.29, 0.717) is 0 Å². The van der Waals surface area contributed by atoms with Crippen molar-refractivity contribution in [2.75, 3.05) is 0 Å². The highest BCUT2D eigenvalue weighted by Crippen LogP contribution is 2.30. The molecular weight excluding hydrogens is 236 g/mol. The maximum absolute atomic E-state index is 3.57. The molecular formula is C13H21Br. The summed E-state index contributed by atoms with van der Waals surface area (Å²) in [4.78, 5) is 0. The van der Waals surface area contributed by atoms with Gasteiger partial charge < -0.3 is 0 Å². The van der Waals surface area contributed by atoms with E-state index in [9.17, 15) is 0 Å². The predicted molar refractivity (Wildman–Crippen MR) is 68.9 cm³/mol. The van der Waals surface area contributed by atoms with Gasteiger partial charge in [0.15, 0.2) is 0 Å². The lowest BCUT2D eigenvalue weighted by Crippen LogP contribution is -2.11. The van der Waals surface area contributed by atoms with E-state index in [-0.39, 0.29) is 5.41 Å². The lowest BCUT2D eigenvalue weighted by Gasteiger charge is -2.21. The molecule has 0 nitrogen and oxygen atoms in total. The normalized spacial score (nSPS) is 10.5. The summed E-state index contributed by atoms with van der Waals surface area (Å²) in [5, 5.41) is 0.